The third-order valence-corrected chi connectivity index (χ3v) is 7.03. The fraction of sp³-hybridized carbons (Fsp3) is 0.273. The molecule has 0 bridgehead atoms. The highest BCUT2D eigenvalue weighted by Gasteiger charge is 2.34. The Morgan fingerprint density at radius 2 is 1.72 bits per heavy atom. The number of aromatic nitrogens is 5. The van der Waals surface area contributed by atoms with E-state index >= 15 is 0 Å². The zero-order chi connectivity index (χ0) is 26.0. The van der Waals surface area contributed by atoms with Gasteiger partial charge in [-0.3, -0.25) is 9.29 Å². The van der Waals surface area contributed by atoms with E-state index in [0.717, 1.165) is 12.4 Å². The van der Waals surface area contributed by atoms with Crippen molar-refractivity contribution >= 4 is 16.0 Å². The lowest BCUT2D eigenvalue weighted by Gasteiger charge is -2.20. The Bertz CT molecular complexity index is 1450. The largest absolute Gasteiger partial charge is 0.494 e. The molecule has 4 rings (SSSR count). The first kappa shape index (κ1) is 25.1. The SMILES string of the molecule is COc1cccc(OC)c1-n1c(NS(=O)(=O)C(C)C(O)c2ncc(F)cn2)nnc1-c1ccc(C)o1. The van der Waals surface area contributed by atoms with Crippen LogP contribution in [0.1, 0.15) is 24.6 Å². The molecule has 4 aromatic rings. The molecule has 0 fully saturated rings. The summed E-state index contributed by atoms with van der Waals surface area (Å²) in [6.07, 6.45) is 0.00796. The maximum atomic E-state index is 13.3. The molecule has 0 amide bonds. The summed E-state index contributed by atoms with van der Waals surface area (Å²) in [6.45, 7) is 3.00. The molecule has 0 saturated heterocycles. The second kappa shape index (κ2) is 9.91. The minimum Gasteiger partial charge on any atom is -0.494 e. The number of methoxy groups -OCH3 is 2. The molecule has 0 aliphatic rings. The number of rotatable bonds is 9. The van der Waals surface area contributed by atoms with Crippen LogP contribution in [0.25, 0.3) is 17.3 Å². The van der Waals surface area contributed by atoms with Crippen molar-refractivity contribution in [1.82, 2.24) is 24.7 Å². The van der Waals surface area contributed by atoms with Crippen molar-refractivity contribution < 1.29 is 31.8 Å². The average Bonchev–Trinajstić information content (AvgIpc) is 3.48. The van der Waals surface area contributed by atoms with Gasteiger partial charge in [-0.2, -0.15) is 0 Å². The lowest BCUT2D eigenvalue weighted by molar-refractivity contribution is 0.166. The molecule has 2 unspecified atom stereocenters. The third kappa shape index (κ3) is 4.72. The van der Waals surface area contributed by atoms with Crippen LogP contribution in [0.2, 0.25) is 0 Å². The number of para-hydroxylation sites is 1. The van der Waals surface area contributed by atoms with Gasteiger partial charge in [0, 0.05) is 0 Å². The summed E-state index contributed by atoms with van der Waals surface area (Å²) in [7, 11) is -1.42. The highest BCUT2D eigenvalue weighted by Crippen LogP contribution is 2.38. The molecule has 12 nitrogen and oxygen atoms in total. The zero-order valence-electron chi connectivity index (χ0n) is 19.7. The molecule has 2 atom stereocenters. The van der Waals surface area contributed by atoms with Crippen molar-refractivity contribution in [3.63, 3.8) is 0 Å². The van der Waals surface area contributed by atoms with Crippen molar-refractivity contribution in [2.45, 2.75) is 25.2 Å². The minimum atomic E-state index is -4.31. The van der Waals surface area contributed by atoms with E-state index in [1.165, 1.54) is 25.7 Å². The Morgan fingerprint density at radius 3 is 2.28 bits per heavy atom. The number of nitrogens with one attached hydrogen (secondary N) is 1. The highest BCUT2D eigenvalue weighted by atomic mass is 32.2. The number of aliphatic hydroxyl groups is 1. The predicted molar refractivity (Wildman–Crippen MR) is 126 cm³/mol. The molecule has 0 saturated carbocycles. The maximum Gasteiger partial charge on any atom is 0.243 e. The molecule has 0 aliphatic heterocycles. The first-order chi connectivity index (χ1) is 17.2. The van der Waals surface area contributed by atoms with Crippen LogP contribution in [0.5, 0.6) is 11.5 Å². The van der Waals surface area contributed by atoms with Gasteiger partial charge in [-0.05, 0) is 38.1 Å². The molecule has 3 aromatic heterocycles. The summed E-state index contributed by atoms with van der Waals surface area (Å²) >= 11 is 0. The molecule has 190 valence electrons. The van der Waals surface area contributed by atoms with Crippen LogP contribution in [-0.2, 0) is 10.0 Å². The molecule has 1 aromatic carbocycles. The lowest BCUT2D eigenvalue weighted by Crippen LogP contribution is -2.32. The number of benzene rings is 1. The number of nitrogens with zero attached hydrogens (tertiary/aromatic N) is 5. The average molecular weight is 519 g/mol. The van der Waals surface area contributed by atoms with E-state index in [-0.39, 0.29) is 17.6 Å². The fourth-order valence-electron chi connectivity index (χ4n) is 3.40. The number of sulfonamides is 1. The van der Waals surface area contributed by atoms with E-state index < -0.39 is 27.2 Å². The number of anilines is 1. The number of aryl methyl sites for hydroxylation is 1. The van der Waals surface area contributed by atoms with Gasteiger partial charge in [0.25, 0.3) is 0 Å². The van der Waals surface area contributed by atoms with E-state index in [4.69, 9.17) is 13.9 Å². The van der Waals surface area contributed by atoms with Crippen LogP contribution in [-0.4, -0.2) is 57.7 Å². The highest BCUT2D eigenvalue weighted by molar-refractivity contribution is 7.93. The van der Waals surface area contributed by atoms with Crippen LogP contribution in [0.4, 0.5) is 10.3 Å². The number of hydrogen-bond donors (Lipinski definition) is 2. The van der Waals surface area contributed by atoms with E-state index in [9.17, 15) is 17.9 Å². The smallest absolute Gasteiger partial charge is 0.243 e. The van der Waals surface area contributed by atoms with E-state index in [2.05, 4.69) is 24.9 Å². The first-order valence-corrected chi connectivity index (χ1v) is 12.1. The van der Waals surface area contributed by atoms with Gasteiger partial charge < -0.3 is 19.0 Å². The van der Waals surface area contributed by atoms with Crippen LogP contribution in [0, 0.1) is 12.7 Å². The van der Waals surface area contributed by atoms with E-state index in [1.807, 2.05) is 0 Å². The minimum absolute atomic E-state index is 0.165. The van der Waals surface area contributed by atoms with Gasteiger partial charge in [0.15, 0.2) is 17.4 Å². The maximum absolute atomic E-state index is 13.3. The summed E-state index contributed by atoms with van der Waals surface area (Å²) in [5.74, 6) is 0.558. The fourth-order valence-corrected chi connectivity index (χ4v) is 4.44. The summed E-state index contributed by atoms with van der Waals surface area (Å²) in [5, 5.41) is 17.3. The second-order valence-corrected chi connectivity index (χ2v) is 9.70. The van der Waals surface area contributed by atoms with Gasteiger partial charge in [0.05, 0.1) is 26.6 Å². The number of hydrogen-bond acceptors (Lipinski definition) is 10. The normalized spacial score (nSPS) is 13.3. The number of furan rings is 1. The molecule has 0 aliphatic carbocycles. The molecule has 0 spiro atoms. The van der Waals surface area contributed by atoms with Crippen molar-refractivity contribution in [2.24, 2.45) is 0 Å². The van der Waals surface area contributed by atoms with Crippen molar-refractivity contribution in [3.8, 4) is 28.8 Å². The molecule has 2 N–H and O–H groups in total. The van der Waals surface area contributed by atoms with Gasteiger partial charge in [-0.25, -0.2) is 22.8 Å². The topological polar surface area (TPSA) is 154 Å². The van der Waals surface area contributed by atoms with Gasteiger partial charge in [-0.15, -0.1) is 10.2 Å². The molecule has 0 radical (unpaired) electrons. The van der Waals surface area contributed by atoms with Crippen molar-refractivity contribution in [1.29, 1.82) is 0 Å². The van der Waals surface area contributed by atoms with Crippen LogP contribution in [0.3, 0.4) is 0 Å². The Kier molecular flexibility index (Phi) is 6.90. The number of halogens is 1. The van der Waals surface area contributed by atoms with Gasteiger partial charge >= 0.3 is 0 Å². The monoisotopic (exact) mass is 518 g/mol. The molecular formula is C22H23FN6O6S. The molecule has 36 heavy (non-hydrogen) atoms. The first-order valence-electron chi connectivity index (χ1n) is 10.6. The van der Waals surface area contributed by atoms with Gasteiger partial charge in [0.1, 0.15) is 34.3 Å². The summed E-state index contributed by atoms with van der Waals surface area (Å²) in [6, 6.07) is 8.40. The molecule has 3 heterocycles. The zero-order valence-corrected chi connectivity index (χ0v) is 20.5. The summed E-state index contributed by atoms with van der Waals surface area (Å²) in [5.41, 5.74) is 0.310. The number of aliphatic hydroxyl groups excluding tert-OH is 1. The van der Waals surface area contributed by atoms with Gasteiger partial charge in [-0.1, -0.05) is 6.07 Å². The quantitative estimate of drug-likeness (QED) is 0.338. The van der Waals surface area contributed by atoms with Crippen molar-refractivity contribution in [2.75, 3.05) is 18.9 Å². The molecular weight excluding hydrogens is 495 g/mol. The van der Waals surface area contributed by atoms with Gasteiger partial charge in [0.2, 0.25) is 21.8 Å². The standard InChI is InChI=1S/C22H23FN6O6S/c1-12-8-9-17(35-12)21-26-27-22(29(21)18-15(33-3)6-5-7-16(18)34-4)28-36(31,32)13(2)19(30)20-24-10-14(23)11-25-20/h5-11,13,19,30H,1-4H3,(H,27,28). The third-order valence-electron chi connectivity index (χ3n) is 5.32. The number of ether oxygens (including phenoxy) is 2. The van der Waals surface area contributed by atoms with E-state index in [0.29, 0.717) is 28.7 Å². The van der Waals surface area contributed by atoms with Crippen molar-refractivity contribution in [3.05, 3.63) is 60.1 Å². The Labute approximate surface area is 205 Å². The Morgan fingerprint density at radius 1 is 1.08 bits per heavy atom. The summed E-state index contributed by atoms with van der Waals surface area (Å²) < 4.78 is 60.1. The molecule has 14 heteroatoms. The Hall–Kier alpha value is -4.04. The van der Waals surface area contributed by atoms with Crippen LogP contribution >= 0.6 is 0 Å². The second-order valence-electron chi connectivity index (χ2n) is 7.66. The van der Waals surface area contributed by atoms with E-state index in [1.54, 1.807) is 37.3 Å². The lowest BCUT2D eigenvalue weighted by atomic mass is 10.2. The predicted octanol–water partition coefficient (Wildman–Crippen LogP) is 2.65. The van der Waals surface area contributed by atoms with Crippen LogP contribution < -0.4 is 14.2 Å². The summed E-state index contributed by atoms with van der Waals surface area (Å²) in [4.78, 5) is 7.34. The van der Waals surface area contributed by atoms with Crippen LogP contribution in [0.15, 0.2) is 47.1 Å². The Balaban J connectivity index is 1.81.